The fourth-order valence-corrected chi connectivity index (χ4v) is 4.29. The third-order valence-electron chi connectivity index (χ3n) is 5.16. The minimum Gasteiger partial charge on any atom is -0.303 e. The van der Waals surface area contributed by atoms with Crippen LogP contribution in [0.25, 0.3) is 17.7 Å². The van der Waals surface area contributed by atoms with Gasteiger partial charge in [-0.25, -0.2) is 4.98 Å². The number of aromatic nitrogens is 2. The summed E-state index contributed by atoms with van der Waals surface area (Å²) in [6, 6.07) is 0. The van der Waals surface area contributed by atoms with Crippen molar-refractivity contribution in [3.05, 3.63) is 34.0 Å². The highest BCUT2D eigenvalue weighted by Gasteiger charge is 2.30. The lowest BCUT2D eigenvalue weighted by Crippen LogP contribution is -2.20. The molecule has 0 N–H and O–H groups in total. The van der Waals surface area contributed by atoms with Crippen LogP contribution in [0.5, 0.6) is 0 Å². The van der Waals surface area contributed by atoms with Gasteiger partial charge >= 0.3 is 0 Å². The molecule has 2 aromatic rings. The van der Waals surface area contributed by atoms with Crippen molar-refractivity contribution >= 4 is 35.6 Å². The Morgan fingerprint density at radius 3 is 2.91 bits per heavy atom. The molecule has 1 fully saturated rings. The summed E-state index contributed by atoms with van der Waals surface area (Å²) in [6.07, 6.45) is 15.8. The molecule has 1 atom stereocenters. The van der Waals surface area contributed by atoms with Crippen molar-refractivity contribution in [1.82, 2.24) is 9.38 Å². The molecule has 2 aliphatic carbocycles. The Kier molecular flexibility index (Phi) is 3.53. The first-order valence-electron chi connectivity index (χ1n) is 8.08. The van der Waals surface area contributed by atoms with Crippen LogP contribution >= 0.6 is 11.6 Å². The molecule has 1 saturated carbocycles. The largest absolute Gasteiger partial charge is 0.303 e. The van der Waals surface area contributed by atoms with Crippen molar-refractivity contribution < 1.29 is 4.79 Å². The van der Waals surface area contributed by atoms with Crippen LogP contribution in [0.3, 0.4) is 0 Å². The molecule has 0 aliphatic heterocycles. The number of hydrogen-bond acceptors (Lipinski definition) is 2. The number of allylic oxidation sites excluding steroid dienone is 1. The Balaban J connectivity index is 1.91. The lowest BCUT2D eigenvalue weighted by atomic mass is 9.78. The minimum atomic E-state index is -0.0621. The molecular formula is C18H19ClN2O. The second-order valence-electron chi connectivity index (χ2n) is 6.42. The Morgan fingerprint density at radius 2 is 2.14 bits per heavy atom. The molecule has 2 aromatic heterocycles. The molecule has 0 aromatic carbocycles. The number of halogens is 1. The van der Waals surface area contributed by atoms with Gasteiger partial charge in [0.2, 0.25) is 0 Å². The van der Waals surface area contributed by atoms with Crippen LogP contribution < -0.4 is 5.22 Å². The first kappa shape index (κ1) is 14.0. The second kappa shape index (κ2) is 5.54. The Labute approximate surface area is 134 Å². The van der Waals surface area contributed by atoms with Crippen LogP contribution in [0.15, 0.2) is 17.6 Å². The summed E-state index contributed by atoms with van der Waals surface area (Å²) in [5, 5.41) is 2.02. The maximum atomic E-state index is 11.9. The molecular weight excluding hydrogens is 296 g/mol. The van der Waals surface area contributed by atoms with E-state index in [4.69, 9.17) is 11.6 Å². The van der Waals surface area contributed by atoms with E-state index in [9.17, 15) is 4.79 Å². The van der Waals surface area contributed by atoms with Crippen LogP contribution in [0.4, 0.5) is 0 Å². The number of carbonyl (C=O) groups excluding carboxylic acids is 1. The van der Waals surface area contributed by atoms with Gasteiger partial charge in [0.1, 0.15) is 6.29 Å². The number of carbonyl (C=O) groups is 1. The number of aldehydes is 1. The van der Waals surface area contributed by atoms with E-state index in [1.807, 2.05) is 18.6 Å². The standard InChI is InChI=1S/C18H19ClN2O/c19-13-6-7-14-15(8-13)18(21-11-20-9-17(14)21)16(10-22)12-4-2-1-3-5-12/h7-12,16H,1-6H2. The highest BCUT2D eigenvalue weighted by Crippen LogP contribution is 2.37. The number of rotatable bonds is 3. The predicted molar refractivity (Wildman–Crippen MR) is 88.7 cm³/mol. The molecule has 22 heavy (non-hydrogen) atoms. The Morgan fingerprint density at radius 1 is 1.32 bits per heavy atom. The first-order chi connectivity index (χ1) is 10.8. The molecule has 0 saturated heterocycles. The van der Waals surface area contributed by atoms with Crippen molar-refractivity contribution in [3.8, 4) is 0 Å². The fraction of sp³-hybridized carbons (Fsp3) is 0.444. The molecule has 0 radical (unpaired) electrons. The average Bonchev–Trinajstić information content (AvgIpc) is 3.11. The van der Waals surface area contributed by atoms with Gasteiger partial charge in [-0.1, -0.05) is 36.9 Å². The van der Waals surface area contributed by atoms with Gasteiger partial charge in [0, 0.05) is 27.9 Å². The molecule has 0 amide bonds. The van der Waals surface area contributed by atoms with E-state index in [1.54, 1.807) is 0 Å². The van der Waals surface area contributed by atoms with E-state index in [1.165, 1.54) is 24.5 Å². The molecule has 114 valence electrons. The van der Waals surface area contributed by atoms with E-state index in [0.717, 1.165) is 47.4 Å². The van der Waals surface area contributed by atoms with Crippen LogP contribution in [-0.2, 0) is 4.79 Å². The van der Waals surface area contributed by atoms with Gasteiger partial charge in [-0.05, 0) is 24.8 Å². The van der Waals surface area contributed by atoms with Gasteiger partial charge in [0.15, 0.2) is 0 Å². The smallest absolute Gasteiger partial charge is 0.129 e. The molecule has 2 aliphatic rings. The molecule has 4 heteroatoms. The van der Waals surface area contributed by atoms with E-state index >= 15 is 0 Å². The van der Waals surface area contributed by atoms with Gasteiger partial charge in [-0.15, -0.1) is 0 Å². The summed E-state index contributed by atoms with van der Waals surface area (Å²) in [5.74, 6) is 0.380. The third kappa shape index (κ3) is 2.11. The lowest BCUT2D eigenvalue weighted by molar-refractivity contribution is -0.110. The maximum absolute atomic E-state index is 11.9. The zero-order valence-corrected chi connectivity index (χ0v) is 13.2. The highest BCUT2D eigenvalue weighted by molar-refractivity contribution is 6.32. The normalized spacial score (nSPS) is 20.3. The number of nitrogens with zero attached hydrogens (tertiary/aromatic N) is 2. The van der Waals surface area contributed by atoms with E-state index in [2.05, 4.69) is 15.5 Å². The second-order valence-corrected chi connectivity index (χ2v) is 6.91. The van der Waals surface area contributed by atoms with E-state index in [0.29, 0.717) is 5.92 Å². The minimum absolute atomic E-state index is 0.0621. The van der Waals surface area contributed by atoms with Gasteiger partial charge in [0.05, 0.1) is 24.0 Å². The number of hydrogen-bond donors (Lipinski definition) is 0. The molecule has 1 unspecified atom stereocenters. The van der Waals surface area contributed by atoms with Crippen LogP contribution in [0, 0.1) is 5.92 Å². The van der Waals surface area contributed by atoms with Crippen LogP contribution in [-0.4, -0.2) is 15.7 Å². The predicted octanol–water partition coefficient (Wildman–Crippen LogP) is 3.68. The summed E-state index contributed by atoms with van der Waals surface area (Å²) >= 11 is 6.26. The van der Waals surface area contributed by atoms with Gasteiger partial charge < -0.3 is 9.20 Å². The average molecular weight is 315 g/mol. The Hall–Kier alpha value is -1.61. The summed E-state index contributed by atoms with van der Waals surface area (Å²) < 4.78 is 2.10. The summed E-state index contributed by atoms with van der Waals surface area (Å²) in [4.78, 5) is 16.2. The SMILES string of the molecule is O=CC(c1c2c(c3cncn13)=CCC(Cl)=C2)C1CCCCC1. The lowest BCUT2D eigenvalue weighted by Gasteiger charge is -2.27. The van der Waals surface area contributed by atoms with Crippen molar-refractivity contribution in [3.63, 3.8) is 0 Å². The molecule has 0 spiro atoms. The topological polar surface area (TPSA) is 34.4 Å². The summed E-state index contributed by atoms with van der Waals surface area (Å²) in [5.41, 5.74) is 3.29. The molecule has 0 bridgehead atoms. The summed E-state index contributed by atoms with van der Waals surface area (Å²) in [7, 11) is 0. The fourth-order valence-electron chi connectivity index (χ4n) is 4.11. The molecule has 2 heterocycles. The quantitative estimate of drug-likeness (QED) is 0.810. The third-order valence-corrected chi connectivity index (χ3v) is 5.43. The van der Waals surface area contributed by atoms with Crippen molar-refractivity contribution in [1.29, 1.82) is 0 Å². The van der Waals surface area contributed by atoms with Crippen molar-refractivity contribution in [2.75, 3.05) is 0 Å². The van der Waals surface area contributed by atoms with Gasteiger partial charge in [-0.3, -0.25) is 0 Å². The van der Waals surface area contributed by atoms with E-state index < -0.39 is 0 Å². The van der Waals surface area contributed by atoms with Gasteiger partial charge in [0.25, 0.3) is 0 Å². The zero-order chi connectivity index (χ0) is 15.1. The Bertz CT molecular complexity index is 799. The van der Waals surface area contributed by atoms with Crippen molar-refractivity contribution in [2.24, 2.45) is 5.92 Å². The first-order valence-corrected chi connectivity index (χ1v) is 8.46. The maximum Gasteiger partial charge on any atom is 0.129 e. The van der Waals surface area contributed by atoms with E-state index in [-0.39, 0.29) is 5.92 Å². The van der Waals surface area contributed by atoms with Crippen LogP contribution in [0.1, 0.15) is 55.7 Å². The molecule has 4 rings (SSSR count). The monoisotopic (exact) mass is 314 g/mol. The number of fused-ring (bicyclic) bond motifs is 3. The number of imidazole rings is 1. The van der Waals surface area contributed by atoms with Crippen LogP contribution in [0.2, 0.25) is 0 Å². The van der Waals surface area contributed by atoms with Crippen molar-refractivity contribution in [2.45, 2.75) is 44.4 Å². The molecule has 3 nitrogen and oxygen atoms in total. The summed E-state index contributed by atoms with van der Waals surface area (Å²) in [6.45, 7) is 0. The van der Waals surface area contributed by atoms with Gasteiger partial charge in [-0.2, -0.15) is 0 Å². The zero-order valence-electron chi connectivity index (χ0n) is 12.5. The highest BCUT2D eigenvalue weighted by atomic mass is 35.5.